The molecule has 33 heavy (non-hydrogen) atoms. The lowest BCUT2D eigenvalue weighted by Crippen LogP contribution is -2.49. The van der Waals surface area contributed by atoms with Gasteiger partial charge in [0.25, 0.3) is 0 Å². The first-order valence-electron chi connectivity index (χ1n) is 11.2. The third-order valence-electron chi connectivity index (χ3n) is 6.99. The number of aromatic nitrogens is 1. The van der Waals surface area contributed by atoms with Gasteiger partial charge in [0.1, 0.15) is 17.2 Å². The summed E-state index contributed by atoms with van der Waals surface area (Å²) in [5.74, 6) is -0.923. The minimum absolute atomic E-state index is 0.0315. The van der Waals surface area contributed by atoms with Crippen molar-refractivity contribution in [2.24, 2.45) is 5.92 Å². The van der Waals surface area contributed by atoms with E-state index in [2.05, 4.69) is 23.2 Å². The van der Waals surface area contributed by atoms with Crippen molar-refractivity contribution in [2.75, 3.05) is 13.1 Å². The molecule has 0 amide bonds. The molecule has 0 atom stereocenters. The summed E-state index contributed by atoms with van der Waals surface area (Å²) in [7, 11) is 0. The molecule has 0 bridgehead atoms. The van der Waals surface area contributed by atoms with Gasteiger partial charge in [0.15, 0.2) is 0 Å². The van der Waals surface area contributed by atoms with Crippen molar-refractivity contribution in [1.29, 1.82) is 0 Å². The maximum atomic E-state index is 15.0. The van der Waals surface area contributed by atoms with Crippen molar-refractivity contribution in [3.05, 3.63) is 89.5 Å². The number of nitrogens with zero attached hydrogens (tertiary/aromatic N) is 2. The van der Waals surface area contributed by atoms with Crippen LogP contribution in [0.25, 0.3) is 22.3 Å². The summed E-state index contributed by atoms with van der Waals surface area (Å²) in [4.78, 5) is 17.5. The molecule has 2 fully saturated rings. The van der Waals surface area contributed by atoms with E-state index in [-0.39, 0.29) is 17.2 Å². The molecule has 166 valence electrons. The molecule has 3 heterocycles. The van der Waals surface area contributed by atoms with Gasteiger partial charge in [-0.05, 0) is 66.4 Å². The molecule has 1 aliphatic heterocycles. The van der Waals surface area contributed by atoms with Gasteiger partial charge in [0.05, 0.1) is 17.2 Å². The number of carboxylic acids is 1. The number of fused-ring (bicyclic) bond motifs is 1. The highest BCUT2D eigenvalue weighted by Crippen LogP contribution is 2.53. The Morgan fingerprint density at radius 1 is 1.12 bits per heavy atom. The van der Waals surface area contributed by atoms with Crippen molar-refractivity contribution < 1.29 is 18.7 Å². The van der Waals surface area contributed by atoms with Crippen LogP contribution in [-0.4, -0.2) is 34.0 Å². The Morgan fingerprint density at radius 2 is 1.97 bits per heavy atom. The number of halogens is 1. The highest BCUT2D eigenvalue weighted by Gasteiger charge is 2.47. The Hall–Kier alpha value is -3.51. The fraction of sp³-hybridized carbons (Fsp3) is 0.259. The van der Waals surface area contributed by atoms with Crippen LogP contribution < -0.4 is 0 Å². The molecule has 6 rings (SSSR count). The average molecular weight is 442 g/mol. The maximum absolute atomic E-state index is 15.0. The summed E-state index contributed by atoms with van der Waals surface area (Å²) in [6.07, 6.45) is 3.98. The summed E-state index contributed by atoms with van der Waals surface area (Å²) in [5.41, 5.74) is 4.25. The number of likely N-dealkylation sites (tertiary alicyclic amines) is 1. The molecular formula is C27H23FN2O3. The zero-order valence-electron chi connectivity index (χ0n) is 18.0. The van der Waals surface area contributed by atoms with E-state index < -0.39 is 5.97 Å². The summed E-state index contributed by atoms with van der Waals surface area (Å²) in [5, 5.41) is 9.96. The number of carbonyl (C=O) groups is 1. The third kappa shape index (κ3) is 3.51. The Balaban J connectivity index is 1.25. The Kier molecular flexibility index (Phi) is 4.59. The fourth-order valence-electron chi connectivity index (χ4n) is 4.91. The van der Waals surface area contributed by atoms with E-state index in [0.717, 1.165) is 35.1 Å². The largest absolute Gasteiger partial charge is 0.481 e. The topological polar surface area (TPSA) is 66.6 Å². The lowest BCUT2D eigenvalue weighted by molar-refractivity contribution is -0.147. The predicted octanol–water partition coefficient (Wildman–Crippen LogP) is 5.23. The first-order chi connectivity index (χ1) is 16.0. The Morgan fingerprint density at radius 3 is 2.67 bits per heavy atom. The van der Waals surface area contributed by atoms with E-state index in [9.17, 15) is 9.18 Å². The molecule has 5 nitrogen and oxygen atoms in total. The monoisotopic (exact) mass is 442 g/mol. The number of carboxylic acid groups (broad SMARTS) is 1. The van der Waals surface area contributed by atoms with Crippen molar-refractivity contribution in [1.82, 2.24) is 9.88 Å². The second-order valence-corrected chi connectivity index (χ2v) is 9.20. The van der Waals surface area contributed by atoms with E-state index in [4.69, 9.17) is 9.52 Å². The Labute approximate surface area is 190 Å². The molecule has 1 saturated carbocycles. The van der Waals surface area contributed by atoms with Crippen LogP contribution in [0.3, 0.4) is 0 Å². The number of aliphatic carboxylic acids is 1. The molecule has 1 aliphatic carbocycles. The van der Waals surface area contributed by atoms with E-state index in [1.807, 2.05) is 41.4 Å². The van der Waals surface area contributed by atoms with E-state index in [0.29, 0.717) is 31.0 Å². The summed E-state index contributed by atoms with van der Waals surface area (Å²) in [6.45, 7) is 1.55. The first-order valence-corrected chi connectivity index (χ1v) is 11.2. The zero-order valence-corrected chi connectivity index (χ0v) is 18.0. The average Bonchev–Trinajstić information content (AvgIpc) is 3.49. The quantitative estimate of drug-likeness (QED) is 0.443. The molecule has 0 spiro atoms. The summed E-state index contributed by atoms with van der Waals surface area (Å²) < 4.78 is 21.0. The van der Waals surface area contributed by atoms with Crippen LogP contribution in [-0.2, 0) is 16.8 Å². The van der Waals surface area contributed by atoms with Crippen LogP contribution in [0.2, 0.25) is 0 Å². The molecule has 2 aliphatic rings. The second kappa shape index (κ2) is 7.52. The summed E-state index contributed by atoms with van der Waals surface area (Å²) in [6, 6.07) is 19.3. The van der Waals surface area contributed by atoms with Gasteiger partial charge in [-0.1, -0.05) is 18.2 Å². The predicted molar refractivity (Wildman–Crippen MR) is 122 cm³/mol. The van der Waals surface area contributed by atoms with Gasteiger partial charge in [-0.15, -0.1) is 0 Å². The van der Waals surface area contributed by atoms with Gasteiger partial charge in [-0.3, -0.25) is 14.7 Å². The van der Waals surface area contributed by atoms with Gasteiger partial charge in [-0.2, -0.15) is 0 Å². The highest BCUT2D eigenvalue weighted by molar-refractivity contribution is 5.84. The second-order valence-electron chi connectivity index (χ2n) is 9.20. The van der Waals surface area contributed by atoms with E-state index in [1.165, 1.54) is 11.6 Å². The van der Waals surface area contributed by atoms with Crippen molar-refractivity contribution in [3.63, 3.8) is 0 Å². The Bertz CT molecular complexity index is 1350. The summed E-state index contributed by atoms with van der Waals surface area (Å²) >= 11 is 0. The van der Waals surface area contributed by atoms with Crippen LogP contribution in [0.15, 0.2) is 71.3 Å². The number of rotatable bonds is 6. The van der Waals surface area contributed by atoms with Crippen LogP contribution in [0.4, 0.5) is 4.39 Å². The fourth-order valence-corrected chi connectivity index (χ4v) is 4.91. The van der Waals surface area contributed by atoms with Gasteiger partial charge < -0.3 is 9.52 Å². The minimum Gasteiger partial charge on any atom is -0.481 e. The van der Waals surface area contributed by atoms with Crippen LogP contribution in [0, 0.1) is 11.7 Å². The number of pyridine rings is 1. The van der Waals surface area contributed by atoms with Crippen LogP contribution >= 0.6 is 0 Å². The molecule has 0 unspecified atom stereocenters. The van der Waals surface area contributed by atoms with Crippen molar-refractivity contribution >= 4 is 16.9 Å². The SMILES string of the molecule is O=C(O)C1CN(Cc2ccc(-c3cc4cc(C5(c6ccccn6)CC5)ccc4o3)c(F)c2)C1. The molecule has 0 radical (unpaired) electrons. The van der Waals surface area contributed by atoms with Gasteiger partial charge in [0, 0.05) is 36.6 Å². The van der Waals surface area contributed by atoms with Crippen LogP contribution in [0.1, 0.15) is 29.7 Å². The number of benzene rings is 2. The number of hydrogen-bond acceptors (Lipinski definition) is 4. The van der Waals surface area contributed by atoms with Crippen molar-refractivity contribution in [3.8, 4) is 11.3 Å². The first kappa shape index (κ1) is 20.1. The third-order valence-corrected chi connectivity index (χ3v) is 6.99. The molecular weight excluding hydrogens is 419 g/mol. The number of hydrogen-bond donors (Lipinski definition) is 1. The van der Waals surface area contributed by atoms with Crippen LogP contribution in [0.5, 0.6) is 0 Å². The maximum Gasteiger partial charge on any atom is 0.309 e. The van der Waals surface area contributed by atoms with E-state index in [1.54, 1.807) is 6.07 Å². The lowest BCUT2D eigenvalue weighted by atomic mass is 9.91. The minimum atomic E-state index is -0.770. The molecule has 2 aromatic carbocycles. The van der Waals surface area contributed by atoms with Gasteiger partial charge >= 0.3 is 5.97 Å². The van der Waals surface area contributed by atoms with Crippen molar-refractivity contribution in [2.45, 2.75) is 24.8 Å². The molecule has 2 aromatic heterocycles. The van der Waals surface area contributed by atoms with Gasteiger partial charge in [0.2, 0.25) is 0 Å². The van der Waals surface area contributed by atoms with Gasteiger partial charge in [-0.25, -0.2) is 4.39 Å². The highest BCUT2D eigenvalue weighted by atomic mass is 19.1. The molecule has 6 heteroatoms. The standard InChI is InChI=1S/C27H23FN2O3/c28-22-11-17(14-30-15-19(16-30)26(31)32)4-6-21(22)24-13-18-12-20(5-7-23(18)33-24)27(8-9-27)25-3-1-2-10-29-25/h1-7,10-13,19H,8-9,14-16H2,(H,31,32). The normalized spacial score (nSPS) is 17.7. The molecule has 1 saturated heterocycles. The van der Waals surface area contributed by atoms with E-state index >= 15 is 0 Å². The smallest absolute Gasteiger partial charge is 0.309 e. The molecule has 4 aromatic rings. The zero-order chi connectivity index (χ0) is 22.6. The molecule has 1 N–H and O–H groups in total. The lowest BCUT2D eigenvalue weighted by Gasteiger charge is -2.36. The number of furan rings is 1.